The fourth-order valence-electron chi connectivity index (χ4n) is 5.48. The highest BCUT2D eigenvalue weighted by atomic mass is 16.5. The van der Waals surface area contributed by atoms with Gasteiger partial charge in [0.25, 0.3) is 0 Å². The molecule has 2 aliphatic heterocycles. The topological polar surface area (TPSA) is 101 Å². The van der Waals surface area contributed by atoms with Crippen molar-refractivity contribution in [2.24, 2.45) is 0 Å². The van der Waals surface area contributed by atoms with Gasteiger partial charge in [0.1, 0.15) is 24.0 Å². The van der Waals surface area contributed by atoms with Crippen LogP contribution in [-0.4, -0.2) is 54.9 Å². The molecule has 2 N–H and O–H groups in total. The number of anilines is 3. The molecular weight excluding hydrogens is 478 g/mol. The maximum atomic E-state index is 10.3. The number of piperidine rings is 1. The largest absolute Gasteiger partial charge is 0.491 e. The lowest BCUT2D eigenvalue weighted by Gasteiger charge is -2.35. The summed E-state index contributed by atoms with van der Waals surface area (Å²) in [6, 6.07) is 8.48. The van der Waals surface area contributed by atoms with Crippen LogP contribution in [0.3, 0.4) is 0 Å². The molecular formula is C29H35N7O2. The molecule has 1 atom stereocenters. The summed E-state index contributed by atoms with van der Waals surface area (Å²) in [7, 11) is 0. The molecule has 6 rings (SSSR count). The molecule has 0 aliphatic carbocycles. The van der Waals surface area contributed by atoms with Crippen molar-refractivity contribution in [1.82, 2.24) is 24.5 Å². The van der Waals surface area contributed by atoms with Gasteiger partial charge in [0.2, 0.25) is 5.95 Å². The van der Waals surface area contributed by atoms with Crippen LogP contribution in [0.1, 0.15) is 63.3 Å². The second kappa shape index (κ2) is 9.87. The zero-order valence-corrected chi connectivity index (χ0v) is 22.3. The average Bonchev–Trinajstić information content (AvgIpc) is 3.52. The number of ether oxygens (including phenoxy) is 1. The van der Waals surface area contributed by atoms with E-state index in [1.165, 1.54) is 11.3 Å². The molecule has 0 amide bonds. The number of aromatic nitrogens is 5. The summed E-state index contributed by atoms with van der Waals surface area (Å²) in [6.07, 6.45) is 11.0. The lowest BCUT2D eigenvalue weighted by Crippen LogP contribution is -2.43. The maximum Gasteiger partial charge on any atom is 0.227 e. The number of aryl methyl sites for hydroxylation is 1. The van der Waals surface area contributed by atoms with Gasteiger partial charge >= 0.3 is 0 Å². The Morgan fingerprint density at radius 1 is 1.11 bits per heavy atom. The number of nitrogens with one attached hydrogen (secondary N) is 1. The fourth-order valence-corrected chi connectivity index (χ4v) is 5.48. The van der Waals surface area contributed by atoms with Crippen LogP contribution in [0.5, 0.6) is 5.75 Å². The van der Waals surface area contributed by atoms with Crippen molar-refractivity contribution in [1.29, 1.82) is 0 Å². The predicted octanol–water partition coefficient (Wildman–Crippen LogP) is 5.01. The minimum Gasteiger partial charge on any atom is -0.491 e. The lowest BCUT2D eigenvalue weighted by atomic mass is 9.94. The molecule has 9 nitrogen and oxygen atoms in total. The summed E-state index contributed by atoms with van der Waals surface area (Å²) in [5, 5.41) is 15.8. The number of imidazole rings is 1. The third-order valence-electron chi connectivity index (χ3n) is 7.84. The molecule has 0 bridgehead atoms. The molecule has 4 aromatic rings. The van der Waals surface area contributed by atoms with Crippen LogP contribution < -0.4 is 15.0 Å². The van der Waals surface area contributed by atoms with Gasteiger partial charge in [0.05, 0.1) is 18.0 Å². The monoisotopic (exact) mass is 513 g/mol. The predicted molar refractivity (Wildman–Crippen MR) is 148 cm³/mol. The average molecular weight is 514 g/mol. The van der Waals surface area contributed by atoms with Crippen LogP contribution in [0.2, 0.25) is 0 Å². The zero-order valence-electron chi connectivity index (χ0n) is 22.3. The van der Waals surface area contributed by atoms with E-state index in [2.05, 4.69) is 56.8 Å². The van der Waals surface area contributed by atoms with Gasteiger partial charge in [0, 0.05) is 42.8 Å². The minimum atomic E-state index is -0.614. The molecule has 1 saturated heterocycles. The smallest absolute Gasteiger partial charge is 0.227 e. The van der Waals surface area contributed by atoms with E-state index in [9.17, 15) is 5.11 Å². The second-order valence-electron chi connectivity index (χ2n) is 11.1. The van der Waals surface area contributed by atoms with E-state index in [0.29, 0.717) is 43.2 Å². The van der Waals surface area contributed by atoms with Gasteiger partial charge in [-0.25, -0.2) is 15.0 Å². The molecule has 198 valence electrons. The Morgan fingerprint density at radius 3 is 2.76 bits per heavy atom. The van der Waals surface area contributed by atoms with Gasteiger partial charge in [-0.2, -0.15) is 4.98 Å². The summed E-state index contributed by atoms with van der Waals surface area (Å²) in [5.41, 5.74) is 1.91. The second-order valence-corrected chi connectivity index (χ2v) is 11.1. The van der Waals surface area contributed by atoms with Crippen LogP contribution >= 0.6 is 0 Å². The van der Waals surface area contributed by atoms with Crippen molar-refractivity contribution < 1.29 is 9.84 Å². The SMILES string of the molecule is CC(C)c1ccc(OCC2CCc3cncn32)c2cnc(Nc3ccnc(N4CCC(C)(O)CC4)n3)cc12. The first-order valence-electron chi connectivity index (χ1n) is 13.5. The number of pyridine rings is 1. The number of hydrogen-bond acceptors (Lipinski definition) is 8. The molecule has 2 aliphatic rings. The molecule has 38 heavy (non-hydrogen) atoms. The van der Waals surface area contributed by atoms with E-state index in [1.54, 1.807) is 6.20 Å². The van der Waals surface area contributed by atoms with E-state index < -0.39 is 5.60 Å². The number of rotatable bonds is 7. The molecule has 1 fully saturated rings. The van der Waals surface area contributed by atoms with E-state index in [-0.39, 0.29) is 0 Å². The quantitative estimate of drug-likeness (QED) is 0.356. The number of benzene rings is 1. The highest BCUT2D eigenvalue weighted by molar-refractivity contribution is 5.92. The zero-order chi connectivity index (χ0) is 26.3. The van der Waals surface area contributed by atoms with Crippen molar-refractivity contribution in [2.75, 3.05) is 29.9 Å². The number of fused-ring (bicyclic) bond motifs is 2. The van der Waals surface area contributed by atoms with E-state index in [1.807, 2.05) is 31.7 Å². The van der Waals surface area contributed by atoms with Gasteiger partial charge in [-0.1, -0.05) is 19.9 Å². The molecule has 0 spiro atoms. The lowest BCUT2D eigenvalue weighted by molar-refractivity contribution is 0.0349. The van der Waals surface area contributed by atoms with E-state index in [4.69, 9.17) is 14.7 Å². The molecule has 0 radical (unpaired) electrons. The molecule has 0 saturated carbocycles. The summed E-state index contributed by atoms with van der Waals surface area (Å²) < 4.78 is 8.60. The summed E-state index contributed by atoms with van der Waals surface area (Å²) in [5.74, 6) is 3.28. The van der Waals surface area contributed by atoms with Gasteiger partial charge in [-0.3, -0.25) is 0 Å². The Labute approximate surface area is 222 Å². The van der Waals surface area contributed by atoms with Gasteiger partial charge in [-0.15, -0.1) is 0 Å². The highest BCUT2D eigenvalue weighted by Gasteiger charge is 2.28. The number of aliphatic hydroxyl groups is 1. The van der Waals surface area contributed by atoms with Crippen LogP contribution in [0.15, 0.2) is 49.2 Å². The maximum absolute atomic E-state index is 10.3. The molecule has 5 heterocycles. The van der Waals surface area contributed by atoms with Gasteiger partial charge < -0.3 is 24.6 Å². The van der Waals surface area contributed by atoms with Crippen molar-refractivity contribution >= 4 is 28.4 Å². The molecule has 1 unspecified atom stereocenters. The summed E-state index contributed by atoms with van der Waals surface area (Å²) in [4.78, 5) is 20.3. The number of nitrogens with zero attached hydrogens (tertiary/aromatic N) is 6. The van der Waals surface area contributed by atoms with E-state index >= 15 is 0 Å². The standard InChI is InChI=1S/C29H35N7O2/c1-19(2)22-6-7-25(38-17-21-5-4-20-15-30-18-36(20)21)24-16-32-27(14-23(22)24)33-26-8-11-31-28(34-26)35-12-9-29(3,37)10-13-35/h6-8,11,14-16,18-19,21,37H,4-5,9-10,12-13,17H2,1-3H3,(H,31,32,33,34). The van der Waals surface area contributed by atoms with E-state index in [0.717, 1.165) is 48.3 Å². The van der Waals surface area contributed by atoms with Crippen LogP contribution in [0, 0.1) is 0 Å². The van der Waals surface area contributed by atoms with Crippen molar-refractivity contribution in [3.8, 4) is 5.75 Å². The van der Waals surface area contributed by atoms with Crippen molar-refractivity contribution in [3.05, 3.63) is 60.4 Å². The number of hydrogen-bond donors (Lipinski definition) is 2. The molecule has 9 heteroatoms. The van der Waals surface area contributed by atoms with Gasteiger partial charge in [-0.05, 0) is 67.7 Å². The van der Waals surface area contributed by atoms with Crippen LogP contribution in [-0.2, 0) is 6.42 Å². The minimum absolute atomic E-state index is 0.305. The third kappa shape index (κ3) is 4.90. The molecule has 3 aromatic heterocycles. The summed E-state index contributed by atoms with van der Waals surface area (Å²) in [6.45, 7) is 8.36. The van der Waals surface area contributed by atoms with Crippen molar-refractivity contribution in [3.63, 3.8) is 0 Å². The third-order valence-corrected chi connectivity index (χ3v) is 7.84. The first-order valence-corrected chi connectivity index (χ1v) is 13.5. The Kier molecular flexibility index (Phi) is 6.39. The van der Waals surface area contributed by atoms with Crippen LogP contribution in [0.25, 0.3) is 10.8 Å². The summed E-state index contributed by atoms with van der Waals surface area (Å²) >= 11 is 0. The Bertz CT molecular complexity index is 1440. The Hall–Kier alpha value is -3.72. The highest BCUT2D eigenvalue weighted by Crippen LogP contribution is 2.35. The van der Waals surface area contributed by atoms with Gasteiger partial charge in [0.15, 0.2) is 0 Å². The normalized spacial score (nSPS) is 18.7. The fraction of sp³-hybridized carbons (Fsp3) is 0.448. The molecule has 1 aromatic carbocycles. The Balaban J connectivity index is 1.23. The van der Waals surface area contributed by atoms with Crippen molar-refractivity contribution in [2.45, 2.75) is 64.0 Å². The van der Waals surface area contributed by atoms with Crippen LogP contribution in [0.4, 0.5) is 17.6 Å². The Morgan fingerprint density at radius 2 is 1.95 bits per heavy atom. The first-order chi connectivity index (χ1) is 18.4. The first kappa shape index (κ1) is 24.6.